The maximum Gasteiger partial charge on any atom is 0.168 e. The molecule has 0 fully saturated rings. The Balaban J connectivity index is 1.71. The Hall–Kier alpha value is -3.74. The van der Waals surface area contributed by atoms with Crippen LogP contribution < -0.4 is 5.43 Å². The fourth-order valence-electron chi connectivity index (χ4n) is 2.71. The molecular formula is C19H16N6O. The summed E-state index contributed by atoms with van der Waals surface area (Å²) in [5, 5.41) is 19.4. The molecule has 0 aliphatic heterocycles. The minimum Gasteiger partial charge on any atom is -0.507 e. The lowest BCUT2D eigenvalue weighted by atomic mass is 10.2. The molecule has 0 aliphatic carbocycles. The van der Waals surface area contributed by atoms with Gasteiger partial charge in [0, 0.05) is 5.56 Å². The summed E-state index contributed by atoms with van der Waals surface area (Å²) in [6.45, 7) is 1.91. The highest BCUT2D eigenvalue weighted by atomic mass is 16.3. The van der Waals surface area contributed by atoms with E-state index >= 15 is 0 Å². The van der Waals surface area contributed by atoms with Gasteiger partial charge in [0.2, 0.25) is 0 Å². The second-order valence-corrected chi connectivity index (χ2v) is 5.68. The molecule has 26 heavy (non-hydrogen) atoms. The molecule has 4 aromatic rings. The van der Waals surface area contributed by atoms with Crippen LogP contribution in [0.15, 0.2) is 66.0 Å². The van der Waals surface area contributed by atoms with Crippen molar-refractivity contribution in [3.8, 4) is 11.4 Å². The van der Waals surface area contributed by atoms with Gasteiger partial charge in [-0.25, -0.2) is 14.6 Å². The predicted octanol–water partition coefficient (Wildman–Crippen LogP) is 3.28. The number of nitrogens with zero attached hydrogens (tertiary/aromatic N) is 5. The van der Waals surface area contributed by atoms with Crippen LogP contribution in [0.4, 0.5) is 5.82 Å². The van der Waals surface area contributed by atoms with Gasteiger partial charge in [0.15, 0.2) is 11.5 Å². The Kier molecular flexibility index (Phi) is 4.03. The molecule has 0 saturated heterocycles. The number of aryl methyl sites for hydroxylation is 1. The third-order valence-electron chi connectivity index (χ3n) is 3.95. The smallest absolute Gasteiger partial charge is 0.168 e. The lowest BCUT2D eigenvalue weighted by molar-refractivity contribution is 0.474. The van der Waals surface area contributed by atoms with Gasteiger partial charge in [0.25, 0.3) is 0 Å². The molecule has 2 heterocycles. The summed E-state index contributed by atoms with van der Waals surface area (Å²) in [4.78, 5) is 8.65. The summed E-state index contributed by atoms with van der Waals surface area (Å²) in [5.74, 6) is 0.723. The number of benzene rings is 2. The first-order valence-corrected chi connectivity index (χ1v) is 8.07. The molecular weight excluding hydrogens is 328 g/mol. The molecule has 128 valence electrons. The van der Waals surface area contributed by atoms with E-state index in [0.717, 1.165) is 16.8 Å². The number of anilines is 1. The molecule has 2 aromatic heterocycles. The monoisotopic (exact) mass is 344 g/mol. The van der Waals surface area contributed by atoms with E-state index in [1.807, 2.05) is 43.3 Å². The van der Waals surface area contributed by atoms with Crippen molar-refractivity contribution < 1.29 is 5.11 Å². The van der Waals surface area contributed by atoms with Crippen LogP contribution in [0.25, 0.3) is 16.7 Å². The summed E-state index contributed by atoms with van der Waals surface area (Å²) in [5.41, 5.74) is 5.95. The number of para-hydroxylation sites is 2. The molecule has 0 spiro atoms. The summed E-state index contributed by atoms with van der Waals surface area (Å²) < 4.78 is 1.78. The number of phenols is 1. The highest BCUT2D eigenvalue weighted by molar-refractivity contribution is 5.91. The van der Waals surface area contributed by atoms with Gasteiger partial charge in [-0.15, -0.1) is 0 Å². The SMILES string of the molecule is Cc1nn(-c2ccccc2)c2ncnc(N/N=C/c3ccccc3O)c12. The molecule has 0 unspecified atom stereocenters. The molecule has 0 aliphatic rings. The number of phenolic OH excluding ortho intramolecular Hbond substituents is 1. The number of rotatable bonds is 4. The van der Waals surface area contributed by atoms with Crippen LogP contribution >= 0.6 is 0 Å². The first-order valence-electron chi connectivity index (χ1n) is 8.07. The topological polar surface area (TPSA) is 88.2 Å². The molecule has 0 saturated carbocycles. The molecule has 2 aromatic carbocycles. The van der Waals surface area contributed by atoms with Gasteiger partial charge in [-0.1, -0.05) is 30.3 Å². The molecule has 7 heteroatoms. The minimum absolute atomic E-state index is 0.166. The lowest BCUT2D eigenvalue weighted by Crippen LogP contribution is -1.99. The minimum atomic E-state index is 0.166. The van der Waals surface area contributed by atoms with E-state index in [1.54, 1.807) is 29.1 Å². The Morgan fingerprint density at radius 1 is 1.04 bits per heavy atom. The van der Waals surface area contributed by atoms with Gasteiger partial charge >= 0.3 is 0 Å². The molecule has 7 nitrogen and oxygen atoms in total. The van der Waals surface area contributed by atoms with Crippen molar-refractivity contribution in [3.63, 3.8) is 0 Å². The van der Waals surface area contributed by atoms with E-state index in [4.69, 9.17) is 0 Å². The van der Waals surface area contributed by atoms with Gasteiger partial charge in [-0.05, 0) is 31.2 Å². The first kappa shape index (κ1) is 15.8. The summed E-state index contributed by atoms with van der Waals surface area (Å²) >= 11 is 0. The fraction of sp³-hybridized carbons (Fsp3) is 0.0526. The van der Waals surface area contributed by atoms with Crippen LogP contribution in [0.5, 0.6) is 5.75 Å². The van der Waals surface area contributed by atoms with E-state index < -0.39 is 0 Å². The third-order valence-corrected chi connectivity index (χ3v) is 3.95. The van der Waals surface area contributed by atoms with Crippen LogP contribution in [0.2, 0.25) is 0 Å². The zero-order valence-corrected chi connectivity index (χ0v) is 14.0. The summed E-state index contributed by atoms with van der Waals surface area (Å²) in [6.07, 6.45) is 3.01. The van der Waals surface area contributed by atoms with Crippen molar-refractivity contribution in [1.29, 1.82) is 0 Å². The van der Waals surface area contributed by atoms with Crippen molar-refractivity contribution in [3.05, 3.63) is 72.2 Å². The average Bonchev–Trinajstić information content (AvgIpc) is 3.02. The zero-order chi connectivity index (χ0) is 17.9. The number of nitrogens with one attached hydrogen (secondary N) is 1. The maximum absolute atomic E-state index is 9.79. The van der Waals surface area contributed by atoms with Crippen molar-refractivity contribution in [2.75, 3.05) is 5.43 Å². The number of hydrogen-bond acceptors (Lipinski definition) is 6. The van der Waals surface area contributed by atoms with Crippen molar-refractivity contribution in [1.82, 2.24) is 19.7 Å². The van der Waals surface area contributed by atoms with Crippen molar-refractivity contribution >= 4 is 23.1 Å². The van der Waals surface area contributed by atoms with E-state index in [-0.39, 0.29) is 5.75 Å². The van der Waals surface area contributed by atoms with E-state index in [9.17, 15) is 5.11 Å². The summed E-state index contributed by atoms with van der Waals surface area (Å²) in [6, 6.07) is 16.8. The Morgan fingerprint density at radius 3 is 2.62 bits per heavy atom. The van der Waals surface area contributed by atoms with Gasteiger partial charge in [0.05, 0.1) is 23.0 Å². The molecule has 2 N–H and O–H groups in total. The number of hydrazone groups is 1. The first-order chi connectivity index (χ1) is 12.7. The van der Waals surface area contributed by atoms with Crippen molar-refractivity contribution in [2.45, 2.75) is 6.92 Å². The van der Waals surface area contributed by atoms with Crippen LogP contribution in [0.1, 0.15) is 11.3 Å². The van der Waals surface area contributed by atoms with Gasteiger partial charge in [0.1, 0.15) is 12.1 Å². The lowest BCUT2D eigenvalue weighted by Gasteiger charge is -2.04. The van der Waals surface area contributed by atoms with Crippen LogP contribution in [0, 0.1) is 6.92 Å². The van der Waals surface area contributed by atoms with Crippen LogP contribution in [0.3, 0.4) is 0 Å². The van der Waals surface area contributed by atoms with E-state index in [0.29, 0.717) is 17.0 Å². The fourth-order valence-corrected chi connectivity index (χ4v) is 2.71. The zero-order valence-electron chi connectivity index (χ0n) is 14.0. The van der Waals surface area contributed by atoms with Gasteiger partial charge in [-0.2, -0.15) is 10.2 Å². The quantitative estimate of drug-likeness (QED) is 0.438. The molecule has 0 amide bonds. The molecule has 0 atom stereocenters. The second kappa shape index (κ2) is 6.64. The highest BCUT2D eigenvalue weighted by Crippen LogP contribution is 2.25. The number of aromatic nitrogens is 4. The Morgan fingerprint density at radius 2 is 1.81 bits per heavy atom. The largest absolute Gasteiger partial charge is 0.507 e. The van der Waals surface area contributed by atoms with Gasteiger partial charge in [-0.3, -0.25) is 5.43 Å². The Labute approximate surface area is 149 Å². The highest BCUT2D eigenvalue weighted by Gasteiger charge is 2.14. The number of hydrogen-bond donors (Lipinski definition) is 2. The molecule has 4 rings (SSSR count). The number of fused-ring (bicyclic) bond motifs is 1. The van der Waals surface area contributed by atoms with E-state index in [1.165, 1.54) is 6.33 Å². The molecule has 0 bridgehead atoms. The predicted molar refractivity (Wildman–Crippen MR) is 101 cm³/mol. The normalized spacial score (nSPS) is 11.3. The van der Waals surface area contributed by atoms with E-state index in [2.05, 4.69) is 25.6 Å². The van der Waals surface area contributed by atoms with Gasteiger partial charge < -0.3 is 5.11 Å². The standard InChI is InChI=1S/C19H16N6O/c1-13-17-18(23-22-11-14-7-5-6-10-16(14)26)20-12-21-19(17)25(24-13)15-8-3-2-4-9-15/h2-12,26H,1H3,(H,20,21,23)/b22-11+. The third kappa shape index (κ3) is 2.86. The average molecular weight is 344 g/mol. The maximum atomic E-state index is 9.79. The van der Waals surface area contributed by atoms with Crippen LogP contribution in [-0.4, -0.2) is 31.1 Å². The summed E-state index contributed by atoms with van der Waals surface area (Å²) in [7, 11) is 0. The second-order valence-electron chi connectivity index (χ2n) is 5.68. The van der Waals surface area contributed by atoms with Crippen molar-refractivity contribution in [2.24, 2.45) is 5.10 Å². The van der Waals surface area contributed by atoms with Crippen LogP contribution in [-0.2, 0) is 0 Å². The molecule has 0 radical (unpaired) electrons. The Bertz CT molecular complexity index is 1090. The number of aromatic hydroxyl groups is 1.